The van der Waals surface area contributed by atoms with Crippen LogP contribution in [0.4, 0.5) is 0 Å². The van der Waals surface area contributed by atoms with Crippen LogP contribution in [0.2, 0.25) is 0 Å². The summed E-state index contributed by atoms with van der Waals surface area (Å²) in [5, 5.41) is 17.5. The SMILES string of the molecule is CCC(C)C(N)C(=O)NC(C(=O)NC(CC(C)C)C(=O)NC(C(=O)O)C(C)CC)C(C)C. The zero-order chi connectivity index (χ0) is 25.2. The lowest BCUT2D eigenvalue weighted by Crippen LogP contribution is -2.59. The van der Waals surface area contributed by atoms with Crippen LogP contribution in [0.1, 0.15) is 74.7 Å². The van der Waals surface area contributed by atoms with Crippen molar-refractivity contribution in [1.29, 1.82) is 0 Å². The fourth-order valence-corrected chi connectivity index (χ4v) is 3.20. The number of aliphatic carboxylic acids is 1. The molecule has 0 aliphatic heterocycles. The van der Waals surface area contributed by atoms with Crippen molar-refractivity contribution in [2.75, 3.05) is 0 Å². The molecule has 0 heterocycles. The van der Waals surface area contributed by atoms with E-state index in [-0.39, 0.29) is 23.7 Å². The number of rotatable bonds is 14. The van der Waals surface area contributed by atoms with Crippen molar-refractivity contribution in [2.24, 2.45) is 29.4 Å². The van der Waals surface area contributed by atoms with E-state index < -0.39 is 47.9 Å². The predicted octanol–water partition coefficient (Wildman–Crippen LogP) is 1.65. The normalized spacial score (nSPS) is 17.1. The van der Waals surface area contributed by atoms with E-state index in [1.165, 1.54) is 0 Å². The van der Waals surface area contributed by atoms with Crippen LogP contribution in [0.25, 0.3) is 0 Å². The topological polar surface area (TPSA) is 151 Å². The first-order chi connectivity index (χ1) is 14.8. The second-order valence-electron chi connectivity index (χ2n) is 9.54. The van der Waals surface area contributed by atoms with E-state index >= 15 is 0 Å². The van der Waals surface area contributed by atoms with Crippen LogP contribution in [0.15, 0.2) is 0 Å². The van der Waals surface area contributed by atoms with Gasteiger partial charge in [-0.2, -0.15) is 0 Å². The molecule has 0 bridgehead atoms. The lowest BCUT2D eigenvalue weighted by Gasteiger charge is -2.29. The van der Waals surface area contributed by atoms with Crippen molar-refractivity contribution in [3.63, 3.8) is 0 Å². The fraction of sp³-hybridized carbons (Fsp3) is 0.826. The Morgan fingerprint density at radius 1 is 0.750 bits per heavy atom. The number of carbonyl (C=O) groups excluding carboxylic acids is 3. The molecule has 0 spiro atoms. The molecule has 0 rings (SSSR count). The zero-order valence-electron chi connectivity index (χ0n) is 20.9. The lowest BCUT2D eigenvalue weighted by atomic mass is 9.96. The maximum absolute atomic E-state index is 13.0. The van der Waals surface area contributed by atoms with E-state index in [9.17, 15) is 24.3 Å². The third-order valence-electron chi connectivity index (χ3n) is 5.92. The van der Waals surface area contributed by atoms with Gasteiger partial charge in [0.1, 0.15) is 18.1 Å². The molecular weight excluding hydrogens is 412 g/mol. The van der Waals surface area contributed by atoms with E-state index in [4.69, 9.17) is 5.73 Å². The van der Waals surface area contributed by atoms with Gasteiger partial charge in [-0.15, -0.1) is 0 Å². The summed E-state index contributed by atoms with van der Waals surface area (Å²) in [4.78, 5) is 50.1. The molecule has 0 aliphatic rings. The molecule has 0 aromatic heterocycles. The second kappa shape index (κ2) is 14.1. The monoisotopic (exact) mass is 456 g/mol. The van der Waals surface area contributed by atoms with Crippen molar-refractivity contribution in [3.05, 3.63) is 0 Å². The minimum absolute atomic E-state index is 0.0427. The van der Waals surface area contributed by atoms with Crippen molar-refractivity contribution in [2.45, 2.75) is 98.8 Å². The summed E-state index contributed by atoms with van der Waals surface area (Å²) < 4.78 is 0. The van der Waals surface area contributed by atoms with Crippen molar-refractivity contribution < 1.29 is 24.3 Å². The van der Waals surface area contributed by atoms with E-state index in [0.29, 0.717) is 12.8 Å². The third-order valence-corrected chi connectivity index (χ3v) is 5.92. The fourth-order valence-electron chi connectivity index (χ4n) is 3.20. The first kappa shape index (κ1) is 29.8. The number of carboxylic acid groups (broad SMARTS) is 1. The van der Waals surface area contributed by atoms with Gasteiger partial charge in [0.05, 0.1) is 6.04 Å². The molecule has 0 aromatic carbocycles. The molecule has 0 fully saturated rings. The summed E-state index contributed by atoms with van der Waals surface area (Å²) in [5.41, 5.74) is 6.00. The highest BCUT2D eigenvalue weighted by Crippen LogP contribution is 2.12. The van der Waals surface area contributed by atoms with Crippen LogP contribution in [-0.2, 0) is 19.2 Å². The average molecular weight is 457 g/mol. The van der Waals surface area contributed by atoms with Gasteiger partial charge in [0.25, 0.3) is 0 Å². The van der Waals surface area contributed by atoms with Crippen molar-refractivity contribution in [1.82, 2.24) is 16.0 Å². The summed E-state index contributed by atoms with van der Waals surface area (Å²) in [6, 6.07) is -3.58. The lowest BCUT2D eigenvalue weighted by molar-refractivity contribution is -0.144. The van der Waals surface area contributed by atoms with Crippen LogP contribution in [0, 0.1) is 23.7 Å². The van der Waals surface area contributed by atoms with Crippen LogP contribution < -0.4 is 21.7 Å². The van der Waals surface area contributed by atoms with E-state index in [0.717, 1.165) is 6.42 Å². The van der Waals surface area contributed by atoms with Crippen molar-refractivity contribution in [3.8, 4) is 0 Å². The summed E-state index contributed by atoms with van der Waals surface area (Å²) in [6.07, 6.45) is 1.64. The Labute approximate surface area is 192 Å². The molecule has 0 aromatic rings. The number of nitrogens with two attached hydrogens (primary N) is 1. The third kappa shape index (κ3) is 9.54. The van der Waals surface area contributed by atoms with Gasteiger partial charge in [-0.1, -0.05) is 68.2 Å². The molecule has 6 unspecified atom stereocenters. The molecule has 32 heavy (non-hydrogen) atoms. The number of nitrogens with one attached hydrogen (secondary N) is 3. The zero-order valence-corrected chi connectivity index (χ0v) is 20.9. The van der Waals surface area contributed by atoms with Crippen LogP contribution in [-0.4, -0.2) is 53.0 Å². The predicted molar refractivity (Wildman–Crippen MR) is 125 cm³/mol. The minimum Gasteiger partial charge on any atom is -0.480 e. The number of amides is 3. The molecule has 0 aliphatic carbocycles. The van der Waals surface area contributed by atoms with Gasteiger partial charge in [0.15, 0.2) is 0 Å². The largest absolute Gasteiger partial charge is 0.480 e. The van der Waals surface area contributed by atoms with E-state index in [1.807, 2.05) is 34.6 Å². The number of carboxylic acids is 1. The molecule has 3 amide bonds. The molecule has 6 N–H and O–H groups in total. The molecule has 0 radical (unpaired) electrons. The standard InChI is InChI=1S/C23H44N4O5/c1-9-14(7)17(24)21(29)26-18(13(5)6)22(30)25-16(11-12(3)4)20(28)27-19(23(31)32)15(8)10-2/h12-19H,9-11,24H2,1-8H3,(H,25,30)(H,26,29)(H,27,28)(H,31,32). The molecule has 9 heteroatoms. The van der Waals surface area contributed by atoms with Crippen LogP contribution >= 0.6 is 0 Å². The quantitative estimate of drug-likeness (QED) is 0.268. The van der Waals surface area contributed by atoms with Gasteiger partial charge in [0, 0.05) is 0 Å². The Balaban J connectivity index is 5.51. The maximum atomic E-state index is 13.0. The van der Waals surface area contributed by atoms with Crippen LogP contribution in [0.5, 0.6) is 0 Å². The van der Waals surface area contributed by atoms with Gasteiger partial charge in [-0.3, -0.25) is 14.4 Å². The summed E-state index contributed by atoms with van der Waals surface area (Å²) in [6.45, 7) is 14.8. The van der Waals surface area contributed by atoms with E-state index in [1.54, 1.807) is 20.8 Å². The molecule has 6 atom stereocenters. The second-order valence-corrected chi connectivity index (χ2v) is 9.54. The molecular formula is C23H44N4O5. The number of carbonyl (C=O) groups is 4. The van der Waals surface area contributed by atoms with Gasteiger partial charge in [-0.05, 0) is 30.1 Å². The van der Waals surface area contributed by atoms with Gasteiger partial charge in [0.2, 0.25) is 17.7 Å². The Morgan fingerprint density at radius 2 is 1.25 bits per heavy atom. The summed E-state index contributed by atoms with van der Waals surface area (Å²) >= 11 is 0. The Hall–Kier alpha value is -2.16. The maximum Gasteiger partial charge on any atom is 0.326 e. The number of hydrogen-bond acceptors (Lipinski definition) is 5. The average Bonchev–Trinajstić information content (AvgIpc) is 2.72. The Kier molecular flexibility index (Phi) is 13.1. The minimum atomic E-state index is -1.12. The molecule has 186 valence electrons. The highest BCUT2D eigenvalue weighted by molar-refractivity contribution is 5.94. The summed E-state index contributed by atoms with van der Waals surface area (Å²) in [7, 11) is 0. The highest BCUT2D eigenvalue weighted by Gasteiger charge is 2.33. The molecule has 0 saturated heterocycles. The molecule has 9 nitrogen and oxygen atoms in total. The first-order valence-electron chi connectivity index (χ1n) is 11.7. The summed E-state index contributed by atoms with van der Waals surface area (Å²) in [5.74, 6) is -3.06. The van der Waals surface area contributed by atoms with Gasteiger partial charge in [-0.25, -0.2) is 4.79 Å². The Bertz CT molecular complexity index is 638. The first-order valence-corrected chi connectivity index (χ1v) is 11.7. The number of hydrogen-bond donors (Lipinski definition) is 5. The highest BCUT2D eigenvalue weighted by atomic mass is 16.4. The van der Waals surface area contributed by atoms with Gasteiger partial charge >= 0.3 is 5.97 Å². The van der Waals surface area contributed by atoms with E-state index in [2.05, 4.69) is 16.0 Å². The van der Waals surface area contributed by atoms with Gasteiger partial charge < -0.3 is 26.8 Å². The van der Waals surface area contributed by atoms with Crippen LogP contribution in [0.3, 0.4) is 0 Å². The Morgan fingerprint density at radius 3 is 1.66 bits per heavy atom. The van der Waals surface area contributed by atoms with Crippen molar-refractivity contribution >= 4 is 23.7 Å². The smallest absolute Gasteiger partial charge is 0.326 e. The molecule has 0 saturated carbocycles.